The SMILES string of the molecule is CC(=O)NCC(C)(C)CC(C)(C)CNC(=O)CCC(=O)N1Cc2ccccc2C#Cc2ccccc21. The van der Waals surface area contributed by atoms with Gasteiger partial charge in [-0.05, 0) is 41.0 Å². The number of carbonyl (C=O) groups is 3. The molecular weight excluding hydrogens is 450 g/mol. The molecule has 0 spiro atoms. The van der Waals surface area contributed by atoms with Crippen molar-refractivity contribution in [2.75, 3.05) is 18.0 Å². The number of amides is 3. The molecule has 0 aliphatic carbocycles. The number of hydrogen-bond acceptors (Lipinski definition) is 3. The van der Waals surface area contributed by atoms with Gasteiger partial charge >= 0.3 is 0 Å². The van der Waals surface area contributed by atoms with Crippen molar-refractivity contribution in [2.45, 2.75) is 60.4 Å². The van der Waals surface area contributed by atoms with Gasteiger partial charge in [0.25, 0.3) is 0 Å². The number of carbonyl (C=O) groups excluding carboxylic acids is 3. The maximum Gasteiger partial charge on any atom is 0.227 e. The Labute approximate surface area is 214 Å². The molecule has 36 heavy (non-hydrogen) atoms. The van der Waals surface area contributed by atoms with Gasteiger partial charge in [-0.2, -0.15) is 0 Å². The molecular formula is C30H37N3O3. The second-order valence-electron chi connectivity index (χ2n) is 11.1. The highest BCUT2D eigenvalue weighted by Crippen LogP contribution is 2.33. The zero-order valence-electron chi connectivity index (χ0n) is 22.0. The summed E-state index contributed by atoms with van der Waals surface area (Å²) >= 11 is 0. The van der Waals surface area contributed by atoms with Gasteiger partial charge in [-0.15, -0.1) is 0 Å². The molecule has 0 radical (unpaired) electrons. The van der Waals surface area contributed by atoms with E-state index in [9.17, 15) is 14.4 Å². The first-order valence-corrected chi connectivity index (χ1v) is 12.5. The van der Waals surface area contributed by atoms with E-state index in [1.54, 1.807) is 4.90 Å². The van der Waals surface area contributed by atoms with Crippen LogP contribution in [0.4, 0.5) is 5.69 Å². The lowest BCUT2D eigenvalue weighted by molar-refractivity contribution is -0.125. The van der Waals surface area contributed by atoms with E-state index in [1.807, 2.05) is 48.5 Å². The maximum atomic E-state index is 13.3. The predicted octanol–water partition coefficient (Wildman–Crippen LogP) is 4.41. The molecule has 3 rings (SSSR count). The van der Waals surface area contributed by atoms with Crippen LogP contribution in [0.2, 0.25) is 0 Å². The van der Waals surface area contributed by atoms with Crippen molar-refractivity contribution < 1.29 is 14.4 Å². The molecule has 190 valence electrons. The lowest BCUT2D eigenvalue weighted by Crippen LogP contribution is -2.40. The first-order chi connectivity index (χ1) is 17.0. The smallest absolute Gasteiger partial charge is 0.227 e. The quantitative estimate of drug-likeness (QED) is 0.515. The molecule has 2 aromatic carbocycles. The summed E-state index contributed by atoms with van der Waals surface area (Å²) in [5, 5.41) is 5.89. The van der Waals surface area contributed by atoms with Crippen LogP contribution < -0.4 is 15.5 Å². The Morgan fingerprint density at radius 2 is 1.42 bits per heavy atom. The molecule has 0 aromatic heterocycles. The van der Waals surface area contributed by atoms with Gasteiger partial charge in [0.15, 0.2) is 0 Å². The topological polar surface area (TPSA) is 78.5 Å². The van der Waals surface area contributed by atoms with E-state index in [2.05, 4.69) is 50.2 Å². The number of hydrogen-bond donors (Lipinski definition) is 2. The largest absolute Gasteiger partial charge is 0.356 e. The lowest BCUT2D eigenvalue weighted by atomic mass is 9.75. The monoisotopic (exact) mass is 487 g/mol. The average Bonchev–Trinajstić information content (AvgIpc) is 2.81. The molecule has 1 aliphatic rings. The van der Waals surface area contributed by atoms with Gasteiger partial charge in [0.2, 0.25) is 17.7 Å². The van der Waals surface area contributed by atoms with E-state index in [1.165, 1.54) is 6.92 Å². The van der Waals surface area contributed by atoms with Crippen LogP contribution in [-0.4, -0.2) is 30.8 Å². The van der Waals surface area contributed by atoms with Crippen LogP contribution in [0.3, 0.4) is 0 Å². The highest BCUT2D eigenvalue weighted by atomic mass is 16.2. The average molecular weight is 488 g/mol. The molecule has 0 saturated heterocycles. The summed E-state index contributed by atoms with van der Waals surface area (Å²) in [6.07, 6.45) is 1.06. The molecule has 0 atom stereocenters. The number of rotatable bonds is 9. The minimum absolute atomic E-state index is 0.0444. The molecule has 2 aromatic rings. The molecule has 6 nitrogen and oxygen atoms in total. The van der Waals surface area contributed by atoms with Gasteiger partial charge < -0.3 is 15.5 Å². The summed E-state index contributed by atoms with van der Waals surface area (Å²) in [6.45, 7) is 11.4. The van der Waals surface area contributed by atoms with Crippen molar-refractivity contribution in [3.05, 3.63) is 65.2 Å². The van der Waals surface area contributed by atoms with Gasteiger partial charge in [0, 0.05) is 44.0 Å². The zero-order chi connectivity index (χ0) is 26.3. The van der Waals surface area contributed by atoms with Crippen LogP contribution in [0, 0.1) is 22.7 Å². The molecule has 0 bridgehead atoms. The van der Waals surface area contributed by atoms with E-state index in [0.717, 1.165) is 28.8 Å². The summed E-state index contributed by atoms with van der Waals surface area (Å²) in [6, 6.07) is 15.5. The molecule has 0 fully saturated rings. The van der Waals surface area contributed by atoms with E-state index in [0.29, 0.717) is 19.6 Å². The third-order valence-corrected chi connectivity index (χ3v) is 6.28. The second kappa shape index (κ2) is 11.4. The standard InChI is InChI=1S/C30H37N3O3/c1-22(34)31-20-29(2,3)19-30(4,5)21-32-27(35)16-17-28(36)33-18-25-12-7-6-10-23(25)14-15-24-11-8-9-13-26(24)33/h6-13H,16-21H2,1-5H3,(H,31,34)(H,32,35). The summed E-state index contributed by atoms with van der Waals surface area (Å²) in [5.74, 6) is 6.12. The van der Waals surface area contributed by atoms with Gasteiger partial charge in [0.05, 0.1) is 12.2 Å². The van der Waals surface area contributed by atoms with Gasteiger partial charge in [0.1, 0.15) is 0 Å². The van der Waals surface area contributed by atoms with Crippen molar-refractivity contribution in [3.8, 4) is 11.8 Å². The highest BCUT2D eigenvalue weighted by Gasteiger charge is 2.29. The fraction of sp³-hybridized carbons (Fsp3) is 0.433. The number of anilines is 1. The van der Waals surface area contributed by atoms with E-state index < -0.39 is 0 Å². The minimum Gasteiger partial charge on any atom is -0.356 e. The zero-order valence-corrected chi connectivity index (χ0v) is 22.0. The number of nitrogens with zero attached hydrogens (tertiary/aromatic N) is 1. The fourth-order valence-corrected chi connectivity index (χ4v) is 4.77. The second-order valence-corrected chi connectivity index (χ2v) is 11.1. The Morgan fingerprint density at radius 1 is 0.833 bits per heavy atom. The predicted molar refractivity (Wildman–Crippen MR) is 143 cm³/mol. The molecule has 2 N–H and O–H groups in total. The molecule has 3 amide bonds. The summed E-state index contributed by atoms with van der Waals surface area (Å²) in [7, 11) is 0. The van der Waals surface area contributed by atoms with E-state index in [4.69, 9.17) is 0 Å². The Morgan fingerprint density at radius 3 is 2.11 bits per heavy atom. The Hall–Kier alpha value is -3.59. The van der Waals surface area contributed by atoms with E-state index >= 15 is 0 Å². The van der Waals surface area contributed by atoms with Crippen LogP contribution >= 0.6 is 0 Å². The number of benzene rings is 2. The van der Waals surface area contributed by atoms with Crippen molar-refractivity contribution in [3.63, 3.8) is 0 Å². The third kappa shape index (κ3) is 7.71. The fourth-order valence-electron chi connectivity index (χ4n) is 4.77. The molecule has 0 saturated carbocycles. The van der Waals surface area contributed by atoms with Crippen LogP contribution in [0.1, 0.15) is 70.6 Å². The lowest BCUT2D eigenvalue weighted by Gasteiger charge is -2.35. The molecule has 1 aliphatic heterocycles. The van der Waals surface area contributed by atoms with Crippen LogP contribution in [0.25, 0.3) is 0 Å². The minimum atomic E-state index is -0.161. The Balaban J connectivity index is 1.60. The van der Waals surface area contributed by atoms with Crippen LogP contribution in [-0.2, 0) is 20.9 Å². The summed E-state index contributed by atoms with van der Waals surface area (Å²) in [5.41, 5.74) is 3.20. The molecule has 6 heteroatoms. The van der Waals surface area contributed by atoms with Gasteiger partial charge in [-0.25, -0.2) is 0 Å². The Kier molecular flexibility index (Phi) is 8.57. The van der Waals surface area contributed by atoms with Crippen molar-refractivity contribution in [1.29, 1.82) is 0 Å². The van der Waals surface area contributed by atoms with Crippen LogP contribution in [0.5, 0.6) is 0 Å². The number of para-hydroxylation sites is 1. The summed E-state index contributed by atoms with van der Waals surface area (Å²) < 4.78 is 0. The van der Waals surface area contributed by atoms with Gasteiger partial charge in [-0.1, -0.05) is 69.9 Å². The van der Waals surface area contributed by atoms with Gasteiger partial charge in [-0.3, -0.25) is 14.4 Å². The third-order valence-electron chi connectivity index (χ3n) is 6.28. The molecule has 0 unspecified atom stereocenters. The first-order valence-electron chi connectivity index (χ1n) is 12.5. The highest BCUT2D eigenvalue weighted by molar-refractivity contribution is 5.96. The summed E-state index contributed by atoms with van der Waals surface area (Å²) in [4.78, 5) is 39.0. The van der Waals surface area contributed by atoms with Crippen LogP contribution in [0.15, 0.2) is 48.5 Å². The van der Waals surface area contributed by atoms with E-state index in [-0.39, 0.29) is 41.4 Å². The normalized spacial score (nSPS) is 12.8. The first kappa shape index (κ1) is 27.0. The number of fused-ring (bicyclic) bond motifs is 2. The molecule has 1 heterocycles. The number of nitrogens with one attached hydrogen (secondary N) is 2. The maximum absolute atomic E-state index is 13.3. The van der Waals surface area contributed by atoms with Crippen molar-refractivity contribution >= 4 is 23.4 Å². The Bertz CT molecular complexity index is 1190. The van der Waals surface area contributed by atoms with Crippen molar-refractivity contribution in [2.24, 2.45) is 10.8 Å². The van der Waals surface area contributed by atoms with Crippen molar-refractivity contribution in [1.82, 2.24) is 10.6 Å².